The van der Waals surface area contributed by atoms with E-state index < -0.39 is 21.8 Å². The van der Waals surface area contributed by atoms with Gasteiger partial charge in [0.25, 0.3) is 0 Å². The van der Waals surface area contributed by atoms with Crippen molar-refractivity contribution in [2.24, 2.45) is 0 Å². The molecule has 0 fully saturated rings. The Morgan fingerprint density at radius 2 is 1.88 bits per heavy atom. The fraction of sp³-hybridized carbons (Fsp3) is 0.364. The zero-order valence-corrected chi connectivity index (χ0v) is 9.98. The Bertz CT molecular complexity index is 452. The van der Waals surface area contributed by atoms with Gasteiger partial charge >= 0.3 is 5.97 Å². The summed E-state index contributed by atoms with van der Waals surface area (Å²) in [5, 5.41) is 0. The van der Waals surface area contributed by atoms with Gasteiger partial charge in [0.1, 0.15) is 0 Å². The summed E-state index contributed by atoms with van der Waals surface area (Å²) in [7, 11) is -4.22. The molecule has 0 aliphatic rings. The predicted molar refractivity (Wildman–Crippen MR) is 60.3 cm³/mol. The smallest absolute Gasteiger partial charge is 0.310 e. The van der Waals surface area contributed by atoms with Crippen molar-refractivity contribution >= 4 is 16.1 Å². The summed E-state index contributed by atoms with van der Waals surface area (Å²) in [5.74, 6) is -0.939. The highest BCUT2D eigenvalue weighted by Gasteiger charge is 2.04. The fourth-order valence-corrected chi connectivity index (χ4v) is 1.71. The molecule has 0 aliphatic carbocycles. The highest BCUT2D eigenvalue weighted by molar-refractivity contribution is 7.85. The lowest BCUT2D eigenvalue weighted by molar-refractivity contribution is -0.142. The van der Waals surface area contributed by atoms with Crippen LogP contribution in [0.15, 0.2) is 30.3 Å². The Morgan fingerprint density at radius 3 is 2.47 bits per heavy atom. The van der Waals surface area contributed by atoms with Crippen molar-refractivity contribution in [3.63, 3.8) is 0 Å². The Balaban J connectivity index is 2.23. The Morgan fingerprint density at radius 1 is 1.24 bits per heavy atom. The van der Waals surface area contributed by atoms with Crippen LogP contribution in [0.2, 0.25) is 0 Å². The molecule has 0 aliphatic heterocycles. The van der Waals surface area contributed by atoms with E-state index in [0.717, 1.165) is 5.56 Å². The number of carbonyl (C=O) groups is 1. The molecular formula is C11H13O5S-. The van der Waals surface area contributed by atoms with Crippen LogP contribution in [0.5, 0.6) is 0 Å². The molecule has 0 heterocycles. The Kier molecular flexibility index (Phi) is 5.11. The van der Waals surface area contributed by atoms with Gasteiger partial charge in [-0.3, -0.25) is 4.79 Å². The number of hydrogen-bond acceptors (Lipinski definition) is 5. The first-order chi connectivity index (χ1) is 7.97. The second kappa shape index (κ2) is 6.36. The van der Waals surface area contributed by atoms with Crippen molar-refractivity contribution in [2.75, 3.05) is 12.4 Å². The molecule has 5 nitrogen and oxygen atoms in total. The number of ether oxygens (including phenoxy) is 1. The number of esters is 1. The van der Waals surface area contributed by atoms with Crippen LogP contribution >= 0.6 is 0 Å². The normalized spacial score (nSPS) is 11.1. The van der Waals surface area contributed by atoms with Crippen molar-refractivity contribution in [2.45, 2.75) is 12.8 Å². The van der Waals surface area contributed by atoms with E-state index in [1.165, 1.54) is 0 Å². The van der Waals surface area contributed by atoms with Gasteiger partial charge in [0, 0.05) is 5.75 Å². The summed E-state index contributed by atoms with van der Waals surface area (Å²) in [6.07, 6.45) is 0.178. The van der Waals surface area contributed by atoms with E-state index in [1.54, 1.807) is 12.1 Å². The van der Waals surface area contributed by atoms with E-state index in [2.05, 4.69) is 0 Å². The Labute approximate surface area is 100 Å². The SMILES string of the molecule is O=C(Cc1ccccc1)OCCCS(=O)(=O)[O-]. The van der Waals surface area contributed by atoms with Gasteiger partial charge in [0.15, 0.2) is 0 Å². The predicted octanol–water partition coefficient (Wildman–Crippen LogP) is 0.708. The molecule has 0 saturated carbocycles. The molecule has 0 aromatic heterocycles. The van der Waals surface area contributed by atoms with Gasteiger partial charge < -0.3 is 9.29 Å². The van der Waals surface area contributed by atoms with Crippen LogP contribution < -0.4 is 0 Å². The minimum atomic E-state index is -4.22. The highest BCUT2D eigenvalue weighted by Crippen LogP contribution is 2.01. The molecule has 0 radical (unpaired) electrons. The van der Waals surface area contributed by atoms with Gasteiger partial charge in [-0.15, -0.1) is 0 Å². The van der Waals surface area contributed by atoms with E-state index in [9.17, 15) is 17.8 Å². The lowest BCUT2D eigenvalue weighted by Gasteiger charge is -2.07. The quantitative estimate of drug-likeness (QED) is 0.425. The van der Waals surface area contributed by atoms with Crippen molar-refractivity contribution in [3.05, 3.63) is 35.9 Å². The van der Waals surface area contributed by atoms with Crippen LogP contribution in [-0.4, -0.2) is 31.3 Å². The fourth-order valence-electron chi connectivity index (χ4n) is 1.24. The molecule has 1 aromatic carbocycles. The first-order valence-electron chi connectivity index (χ1n) is 5.10. The van der Waals surface area contributed by atoms with Crippen LogP contribution in [-0.2, 0) is 26.1 Å². The average Bonchev–Trinajstić information content (AvgIpc) is 2.25. The zero-order valence-electron chi connectivity index (χ0n) is 9.16. The standard InChI is InChI=1S/C11H14O5S/c12-11(9-10-5-2-1-3-6-10)16-7-4-8-17(13,14)15/h1-3,5-6H,4,7-9H2,(H,13,14,15)/p-1. The van der Waals surface area contributed by atoms with Gasteiger partial charge in [-0.25, -0.2) is 8.42 Å². The van der Waals surface area contributed by atoms with Crippen molar-refractivity contribution in [1.82, 2.24) is 0 Å². The van der Waals surface area contributed by atoms with Gasteiger partial charge in [-0.05, 0) is 12.0 Å². The molecule has 0 spiro atoms. The van der Waals surface area contributed by atoms with Crippen LogP contribution in [0.3, 0.4) is 0 Å². The number of carbonyl (C=O) groups excluding carboxylic acids is 1. The van der Waals surface area contributed by atoms with Gasteiger partial charge in [-0.1, -0.05) is 30.3 Å². The second-order valence-electron chi connectivity index (χ2n) is 3.50. The maximum absolute atomic E-state index is 11.3. The molecule has 0 N–H and O–H groups in total. The van der Waals surface area contributed by atoms with Crippen LogP contribution in [0.1, 0.15) is 12.0 Å². The molecule has 94 valence electrons. The topological polar surface area (TPSA) is 83.5 Å². The minimum absolute atomic E-state index is 0.0341. The van der Waals surface area contributed by atoms with Crippen LogP contribution in [0.4, 0.5) is 0 Å². The summed E-state index contributed by atoms with van der Waals surface area (Å²) >= 11 is 0. The highest BCUT2D eigenvalue weighted by atomic mass is 32.2. The van der Waals surface area contributed by atoms with E-state index in [1.807, 2.05) is 18.2 Å². The van der Waals surface area contributed by atoms with Crippen LogP contribution in [0, 0.1) is 0 Å². The van der Waals surface area contributed by atoms with Gasteiger partial charge in [0.2, 0.25) is 0 Å². The van der Waals surface area contributed by atoms with Crippen molar-refractivity contribution < 1.29 is 22.5 Å². The zero-order chi connectivity index (χ0) is 12.7. The number of benzene rings is 1. The maximum atomic E-state index is 11.3. The number of rotatable bonds is 6. The lowest BCUT2D eigenvalue weighted by atomic mass is 10.2. The molecule has 1 rings (SSSR count). The van der Waals surface area contributed by atoms with E-state index in [0.29, 0.717) is 0 Å². The minimum Gasteiger partial charge on any atom is -0.748 e. The molecular weight excluding hydrogens is 244 g/mol. The van der Waals surface area contributed by atoms with Crippen molar-refractivity contribution in [1.29, 1.82) is 0 Å². The molecule has 0 saturated heterocycles. The van der Waals surface area contributed by atoms with E-state index >= 15 is 0 Å². The van der Waals surface area contributed by atoms with Crippen LogP contribution in [0.25, 0.3) is 0 Å². The van der Waals surface area contributed by atoms with Gasteiger partial charge in [0.05, 0.1) is 23.1 Å². The first-order valence-corrected chi connectivity index (χ1v) is 6.68. The maximum Gasteiger partial charge on any atom is 0.310 e. The third-order valence-electron chi connectivity index (χ3n) is 1.99. The van der Waals surface area contributed by atoms with E-state index in [4.69, 9.17) is 4.74 Å². The molecule has 1 aromatic rings. The number of hydrogen-bond donors (Lipinski definition) is 0. The molecule has 0 unspecified atom stereocenters. The second-order valence-corrected chi connectivity index (χ2v) is 5.02. The molecule has 0 atom stereocenters. The third kappa shape index (κ3) is 6.70. The monoisotopic (exact) mass is 257 g/mol. The molecule has 0 bridgehead atoms. The first kappa shape index (κ1) is 13.7. The summed E-state index contributed by atoms with van der Waals surface area (Å²) < 4.78 is 35.6. The summed E-state index contributed by atoms with van der Waals surface area (Å²) in [6, 6.07) is 9.06. The average molecular weight is 257 g/mol. The molecule has 0 amide bonds. The molecule has 6 heteroatoms. The summed E-state index contributed by atoms with van der Waals surface area (Å²) in [6.45, 7) is -0.0485. The largest absolute Gasteiger partial charge is 0.748 e. The summed E-state index contributed by atoms with van der Waals surface area (Å²) in [4.78, 5) is 11.3. The lowest BCUT2D eigenvalue weighted by Crippen LogP contribution is -2.12. The Hall–Kier alpha value is -1.40. The van der Waals surface area contributed by atoms with E-state index in [-0.39, 0.29) is 19.4 Å². The van der Waals surface area contributed by atoms with Gasteiger partial charge in [-0.2, -0.15) is 0 Å². The molecule has 17 heavy (non-hydrogen) atoms. The third-order valence-corrected chi connectivity index (χ3v) is 2.78. The van der Waals surface area contributed by atoms with Crippen molar-refractivity contribution in [3.8, 4) is 0 Å². The summed E-state index contributed by atoms with van der Waals surface area (Å²) in [5.41, 5.74) is 0.828.